The summed E-state index contributed by atoms with van der Waals surface area (Å²) in [6, 6.07) is 18.1. The van der Waals surface area contributed by atoms with Gasteiger partial charge in [0.25, 0.3) is 17.9 Å². The van der Waals surface area contributed by atoms with Crippen LogP contribution in [-0.4, -0.2) is 109 Å². The molecule has 4 atom stereocenters. The second kappa shape index (κ2) is 28.4. The molecule has 0 fully saturated rings. The predicted molar refractivity (Wildman–Crippen MR) is 238 cm³/mol. The lowest BCUT2D eigenvalue weighted by molar-refractivity contribution is -0.135. The Morgan fingerprint density at radius 1 is 0.641 bits per heavy atom. The molecule has 0 bridgehead atoms. The zero-order valence-corrected chi connectivity index (χ0v) is 36.6. The van der Waals surface area contributed by atoms with Crippen LogP contribution in [0.25, 0.3) is 10.8 Å². The van der Waals surface area contributed by atoms with Crippen molar-refractivity contribution in [3.8, 4) is 0 Å². The lowest BCUT2D eigenvalue weighted by Gasteiger charge is -2.27. The number of unbranched alkanes of at least 4 members (excludes halogenated alkanes) is 1. The highest BCUT2D eigenvalue weighted by Gasteiger charge is 2.33. The van der Waals surface area contributed by atoms with Crippen LogP contribution in [0.4, 0.5) is 0 Å². The zero-order chi connectivity index (χ0) is 48.4. The Kier molecular flexibility index (Phi) is 24.3. The summed E-state index contributed by atoms with van der Waals surface area (Å²) in [6.07, 6.45) is 4.66. The molecule has 1 aromatic heterocycles. The number of carboxylic acid groups (broad SMARTS) is 3. The molecule has 20 heteroatoms. The van der Waals surface area contributed by atoms with Gasteiger partial charge in [-0.15, -0.1) is 0 Å². The van der Waals surface area contributed by atoms with Gasteiger partial charge in [0.1, 0.15) is 24.2 Å². The second-order valence-corrected chi connectivity index (χ2v) is 15.0. The predicted octanol–water partition coefficient (Wildman–Crippen LogP) is 1.15. The number of carbonyl (C=O) groups excluding carboxylic acids is 5. The first-order valence-corrected chi connectivity index (χ1v) is 20.1. The Morgan fingerprint density at radius 2 is 1.11 bits per heavy atom. The SMILES string of the molecule is CC(=O)O.CC(=O)O.CC(=O)O.CC(C)(N)C(=O)N[C@@H](Cc1cnc[nH]1)C(=O)N[C@H](Cc1ccc2ccccc2c1)C(=O)N[C@H](Cc1ccccc1)C(=O)N[C@@H](CCCCN)C(N)=O. The summed E-state index contributed by atoms with van der Waals surface area (Å²) < 4.78 is 0. The number of rotatable bonds is 19. The molecule has 348 valence electrons. The molecule has 5 amide bonds. The third kappa shape index (κ3) is 23.1. The van der Waals surface area contributed by atoms with E-state index in [1.807, 2.05) is 72.8 Å². The number of hydrogen-bond acceptors (Lipinski definition) is 11. The van der Waals surface area contributed by atoms with Crippen molar-refractivity contribution in [1.82, 2.24) is 31.2 Å². The van der Waals surface area contributed by atoms with Crippen molar-refractivity contribution in [1.29, 1.82) is 0 Å². The fraction of sp³-hybridized carbons (Fsp3) is 0.386. The molecule has 0 saturated carbocycles. The fourth-order valence-electron chi connectivity index (χ4n) is 5.63. The van der Waals surface area contributed by atoms with E-state index in [-0.39, 0.29) is 25.7 Å². The number of fused-ring (bicyclic) bond motifs is 1. The van der Waals surface area contributed by atoms with Gasteiger partial charge >= 0.3 is 0 Å². The third-order valence-corrected chi connectivity index (χ3v) is 8.60. The number of hydrogen-bond donors (Lipinski definition) is 11. The van der Waals surface area contributed by atoms with Gasteiger partial charge in [-0.2, -0.15) is 0 Å². The van der Waals surface area contributed by atoms with E-state index in [1.165, 1.54) is 26.4 Å². The van der Waals surface area contributed by atoms with Gasteiger partial charge in [0.2, 0.25) is 29.5 Å². The van der Waals surface area contributed by atoms with E-state index < -0.39 is 77.2 Å². The minimum absolute atomic E-state index is 0.0374. The number of imidazole rings is 1. The highest BCUT2D eigenvalue weighted by Crippen LogP contribution is 2.17. The van der Waals surface area contributed by atoms with Crippen LogP contribution in [0, 0.1) is 0 Å². The molecular weight excluding hydrogens is 831 g/mol. The standard InChI is InChI=1S/C38H49N9O5.3C2H4O2/c1-38(2,41)37(52)47-32(21-28-22-42-23-43-28)36(51)46-31(20-25-15-16-26-12-6-7-13-27(26)18-25)35(50)45-30(19-24-10-4-3-5-11-24)34(49)44-29(33(40)48)14-8-9-17-39;3*1-2(3)4/h3-7,10-13,15-16,18,22-23,29-32H,8-9,14,17,19-21,39,41H2,1-2H3,(H2,40,48)(H,42,43)(H,44,49)(H,45,50)(H,46,51)(H,47,52);3*1H3,(H,3,4)/t29-,30+,31+,32-;;;/m0.../s1. The Balaban J connectivity index is 0.00000151. The van der Waals surface area contributed by atoms with Crippen LogP contribution in [0.15, 0.2) is 85.3 Å². The van der Waals surface area contributed by atoms with Crippen molar-refractivity contribution < 1.29 is 53.7 Å². The van der Waals surface area contributed by atoms with Gasteiger partial charge in [0.05, 0.1) is 11.9 Å². The molecule has 3 aromatic carbocycles. The second-order valence-electron chi connectivity index (χ2n) is 15.0. The van der Waals surface area contributed by atoms with Crippen molar-refractivity contribution in [2.45, 2.75) is 103 Å². The van der Waals surface area contributed by atoms with Gasteiger partial charge in [0.15, 0.2) is 0 Å². The van der Waals surface area contributed by atoms with Crippen LogP contribution in [0.1, 0.15) is 70.7 Å². The first kappa shape index (κ1) is 54.8. The Morgan fingerprint density at radius 3 is 1.58 bits per heavy atom. The van der Waals surface area contributed by atoms with Crippen molar-refractivity contribution in [3.05, 3.63) is 102 Å². The van der Waals surface area contributed by atoms with Crippen molar-refractivity contribution in [2.75, 3.05) is 6.54 Å². The van der Waals surface area contributed by atoms with Gasteiger partial charge in [-0.25, -0.2) is 4.98 Å². The van der Waals surface area contributed by atoms with Gasteiger partial charge in [0, 0.05) is 51.9 Å². The smallest absolute Gasteiger partial charge is 0.300 e. The summed E-state index contributed by atoms with van der Waals surface area (Å²) in [4.78, 5) is 101. The number of nitrogens with one attached hydrogen (secondary N) is 5. The van der Waals surface area contributed by atoms with Crippen molar-refractivity contribution in [3.63, 3.8) is 0 Å². The summed E-state index contributed by atoms with van der Waals surface area (Å²) in [5, 5.41) is 35.2. The molecule has 20 nitrogen and oxygen atoms in total. The average molecular weight is 892 g/mol. The molecule has 0 aliphatic rings. The first-order valence-electron chi connectivity index (χ1n) is 20.1. The molecule has 0 radical (unpaired) electrons. The topological polar surface area (TPSA) is 352 Å². The molecule has 1 heterocycles. The molecule has 0 unspecified atom stereocenters. The largest absolute Gasteiger partial charge is 0.481 e. The van der Waals surface area contributed by atoms with E-state index in [1.54, 1.807) is 0 Å². The number of benzene rings is 3. The van der Waals surface area contributed by atoms with E-state index in [0.29, 0.717) is 25.1 Å². The molecule has 0 aliphatic heterocycles. The molecule has 0 saturated heterocycles. The van der Waals surface area contributed by atoms with Crippen molar-refractivity contribution >= 4 is 58.2 Å². The number of H-pyrrole nitrogens is 1. The number of nitrogens with two attached hydrogens (primary N) is 3. The number of nitrogens with zero attached hydrogens (tertiary/aromatic N) is 1. The van der Waals surface area contributed by atoms with E-state index in [4.69, 9.17) is 46.9 Å². The third-order valence-electron chi connectivity index (χ3n) is 8.60. The zero-order valence-electron chi connectivity index (χ0n) is 36.6. The summed E-state index contributed by atoms with van der Waals surface area (Å²) in [5.74, 6) is -5.69. The first-order chi connectivity index (χ1) is 30.0. The monoisotopic (exact) mass is 891 g/mol. The van der Waals surface area contributed by atoms with Crippen LogP contribution in [0.3, 0.4) is 0 Å². The minimum atomic E-state index is -1.29. The number of aromatic nitrogens is 2. The number of aliphatic carboxylic acids is 3. The molecule has 64 heavy (non-hydrogen) atoms. The lowest BCUT2D eigenvalue weighted by Crippen LogP contribution is -2.60. The van der Waals surface area contributed by atoms with Gasteiger partial charge in [-0.05, 0) is 61.6 Å². The number of carboxylic acids is 3. The number of amides is 5. The normalized spacial score (nSPS) is 12.3. The molecule has 4 aromatic rings. The maximum atomic E-state index is 14.3. The van der Waals surface area contributed by atoms with Gasteiger partial charge in [-0.1, -0.05) is 72.8 Å². The molecule has 0 aliphatic carbocycles. The fourth-order valence-corrected chi connectivity index (χ4v) is 5.63. The molecule has 0 spiro atoms. The summed E-state index contributed by atoms with van der Waals surface area (Å²) in [7, 11) is 0. The van der Waals surface area contributed by atoms with E-state index in [9.17, 15) is 24.0 Å². The minimum Gasteiger partial charge on any atom is -0.481 e. The Hall–Kier alpha value is -7.19. The Labute approximate surface area is 371 Å². The van der Waals surface area contributed by atoms with Gasteiger partial charge in [-0.3, -0.25) is 38.4 Å². The van der Waals surface area contributed by atoms with Crippen molar-refractivity contribution in [2.24, 2.45) is 17.2 Å². The van der Waals surface area contributed by atoms with Crippen LogP contribution >= 0.6 is 0 Å². The summed E-state index contributed by atoms with van der Waals surface area (Å²) >= 11 is 0. The summed E-state index contributed by atoms with van der Waals surface area (Å²) in [6.45, 7) is 6.71. The maximum absolute atomic E-state index is 14.3. The molecule has 14 N–H and O–H groups in total. The van der Waals surface area contributed by atoms with Crippen LogP contribution in [-0.2, 0) is 57.6 Å². The average Bonchev–Trinajstić information content (AvgIpc) is 3.72. The highest BCUT2D eigenvalue weighted by atomic mass is 16.4. The van der Waals surface area contributed by atoms with E-state index >= 15 is 0 Å². The number of carbonyl (C=O) groups is 8. The van der Waals surface area contributed by atoms with Crippen LogP contribution in [0.2, 0.25) is 0 Å². The highest BCUT2D eigenvalue weighted by molar-refractivity contribution is 5.96. The lowest BCUT2D eigenvalue weighted by atomic mass is 9.99. The van der Waals surface area contributed by atoms with Crippen LogP contribution < -0.4 is 38.5 Å². The molecular formula is C44H61N9O11. The summed E-state index contributed by atoms with van der Waals surface area (Å²) in [5.41, 5.74) is 18.0. The van der Waals surface area contributed by atoms with E-state index in [0.717, 1.165) is 42.7 Å². The van der Waals surface area contributed by atoms with E-state index in [2.05, 4.69) is 31.2 Å². The number of primary amides is 1. The van der Waals surface area contributed by atoms with Gasteiger partial charge < -0.3 is 58.8 Å². The maximum Gasteiger partial charge on any atom is 0.300 e. The Bertz CT molecular complexity index is 2090. The number of aromatic amines is 1. The molecule has 4 rings (SSSR count). The quantitative estimate of drug-likeness (QED) is 0.0589. The van der Waals surface area contributed by atoms with Crippen LogP contribution in [0.5, 0.6) is 0 Å².